The van der Waals surface area contributed by atoms with Gasteiger partial charge in [0.25, 0.3) is 0 Å². The van der Waals surface area contributed by atoms with Crippen LogP contribution in [0.2, 0.25) is 5.02 Å². The molecule has 0 aliphatic rings. The first-order chi connectivity index (χ1) is 11.7. The van der Waals surface area contributed by atoms with Crippen LogP contribution < -0.4 is 5.32 Å². The quantitative estimate of drug-likeness (QED) is 0.529. The lowest BCUT2D eigenvalue weighted by Gasteiger charge is -2.06. The summed E-state index contributed by atoms with van der Waals surface area (Å²) in [4.78, 5) is 8.64. The van der Waals surface area contributed by atoms with Gasteiger partial charge in [-0.1, -0.05) is 29.8 Å². The Hall–Kier alpha value is -2.85. The summed E-state index contributed by atoms with van der Waals surface area (Å²) in [6.45, 7) is 2.01. The summed E-state index contributed by atoms with van der Waals surface area (Å²) in [6, 6.07) is 17.5. The minimum atomic E-state index is 0.561. The van der Waals surface area contributed by atoms with E-state index < -0.39 is 0 Å². The van der Waals surface area contributed by atoms with Gasteiger partial charge in [-0.25, -0.2) is 9.97 Å². The van der Waals surface area contributed by atoms with Crippen molar-refractivity contribution >= 4 is 34.2 Å². The summed E-state index contributed by atoms with van der Waals surface area (Å²) in [6.07, 6.45) is 1.50. The van der Waals surface area contributed by atoms with E-state index in [2.05, 4.69) is 15.3 Å². The number of rotatable bonds is 3. The van der Waals surface area contributed by atoms with Gasteiger partial charge in [0.05, 0.1) is 5.39 Å². The molecule has 0 amide bonds. The van der Waals surface area contributed by atoms with E-state index >= 15 is 0 Å². The molecular formula is C19H14ClN3O. The second-order valence-corrected chi connectivity index (χ2v) is 5.89. The summed E-state index contributed by atoms with van der Waals surface area (Å²) in [5.74, 6) is 1.51. The van der Waals surface area contributed by atoms with Gasteiger partial charge in [0.15, 0.2) is 0 Å². The molecule has 0 spiro atoms. The molecule has 0 unspecified atom stereocenters. The van der Waals surface area contributed by atoms with Crippen LogP contribution in [0.5, 0.6) is 0 Å². The second-order valence-electron chi connectivity index (χ2n) is 5.46. The maximum absolute atomic E-state index is 5.97. The minimum Gasteiger partial charge on any atom is -0.437 e. The predicted octanol–water partition coefficient (Wildman–Crippen LogP) is 5.60. The standard InChI is InChI=1S/C19H14ClN3O/c1-12-16-18(23-15-5-3-2-4-6-15)21-11-22-19(16)24-17(12)13-7-9-14(20)10-8-13/h2-11H,1H3,(H,21,22,23). The van der Waals surface area contributed by atoms with Gasteiger partial charge in [-0.2, -0.15) is 0 Å². The number of anilines is 2. The Morgan fingerprint density at radius 3 is 2.46 bits per heavy atom. The Labute approximate surface area is 144 Å². The first kappa shape index (κ1) is 14.7. The molecular weight excluding hydrogens is 322 g/mol. The highest BCUT2D eigenvalue weighted by Gasteiger charge is 2.17. The fourth-order valence-electron chi connectivity index (χ4n) is 2.70. The summed E-state index contributed by atoms with van der Waals surface area (Å²) in [5, 5.41) is 4.90. The number of halogens is 1. The molecule has 0 saturated heterocycles. The van der Waals surface area contributed by atoms with E-state index in [4.69, 9.17) is 16.0 Å². The van der Waals surface area contributed by atoms with Gasteiger partial charge in [-0.15, -0.1) is 0 Å². The topological polar surface area (TPSA) is 51.0 Å². The molecule has 0 atom stereocenters. The second kappa shape index (κ2) is 5.98. The summed E-state index contributed by atoms with van der Waals surface area (Å²) < 4.78 is 5.97. The van der Waals surface area contributed by atoms with Crippen molar-refractivity contribution in [2.24, 2.45) is 0 Å². The Morgan fingerprint density at radius 1 is 0.958 bits per heavy atom. The van der Waals surface area contributed by atoms with Gasteiger partial charge in [0.1, 0.15) is 17.9 Å². The van der Waals surface area contributed by atoms with E-state index in [0.29, 0.717) is 10.7 Å². The van der Waals surface area contributed by atoms with Gasteiger partial charge in [-0.3, -0.25) is 0 Å². The molecule has 1 N–H and O–H groups in total. The number of para-hydroxylation sites is 1. The largest absolute Gasteiger partial charge is 0.437 e. The minimum absolute atomic E-state index is 0.561. The van der Waals surface area contributed by atoms with Crippen LogP contribution in [0.25, 0.3) is 22.4 Å². The van der Waals surface area contributed by atoms with Crippen LogP contribution in [0.4, 0.5) is 11.5 Å². The van der Waals surface area contributed by atoms with Crippen molar-refractivity contribution in [3.8, 4) is 11.3 Å². The molecule has 24 heavy (non-hydrogen) atoms. The molecule has 2 heterocycles. The smallest absolute Gasteiger partial charge is 0.232 e. The first-order valence-electron chi connectivity index (χ1n) is 7.54. The molecule has 0 fully saturated rings. The fraction of sp³-hybridized carbons (Fsp3) is 0.0526. The molecule has 5 heteroatoms. The zero-order chi connectivity index (χ0) is 16.5. The number of hydrogen-bond acceptors (Lipinski definition) is 4. The molecule has 2 aromatic heterocycles. The van der Waals surface area contributed by atoms with E-state index in [1.807, 2.05) is 61.5 Å². The molecule has 4 nitrogen and oxygen atoms in total. The molecule has 118 valence electrons. The molecule has 4 rings (SSSR count). The highest BCUT2D eigenvalue weighted by molar-refractivity contribution is 6.30. The lowest BCUT2D eigenvalue weighted by Crippen LogP contribution is -1.95. The Morgan fingerprint density at radius 2 is 1.71 bits per heavy atom. The van der Waals surface area contributed by atoms with Crippen molar-refractivity contribution in [3.63, 3.8) is 0 Å². The molecule has 2 aromatic carbocycles. The van der Waals surface area contributed by atoms with Crippen LogP contribution in [-0.2, 0) is 0 Å². The lowest BCUT2D eigenvalue weighted by atomic mass is 10.1. The third-order valence-corrected chi connectivity index (χ3v) is 4.12. The van der Waals surface area contributed by atoms with Gasteiger partial charge >= 0.3 is 0 Å². The third-order valence-electron chi connectivity index (χ3n) is 3.87. The number of fused-ring (bicyclic) bond motifs is 1. The lowest BCUT2D eigenvalue weighted by molar-refractivity contribution is 0.615. The highest BCUT2D eigenvalue weighted by Crippen LogP contribution is 2.36. The van der Waals surface area contributed by atoms with E-state index in [9.17, 15) is 0 Å². The van der Waals surface area contributed by atoms with Crippen molar-refractivity contribution in [3.05, 3.63) is 71.5 Å². The first-order valence-corrected chi connectivity index (χ1v) is 7.92. The van der Waals surface area contributed by atoms with Gasteiger partial charge in [0.2, 0.25) is 5.71 Å². The van der Waals surface area contributed by atoms with Crippen LogP contribution in [0.3, 0.4) is 0 Å². The zero-order valence-electron chi connectivity index (χ0n) is 13.0. The Balaban J connectivity index is 1.84. The van der Waals surface area contributed by atoms with Crippen molar-refractivity contribution in [1.29, 1.82) is 0 Å². The highest BCUT2D eigenvalue weighted by atomic mass is 35.5. The van der Waals surface area contributed by atoms with Crippen LogP contribution in [0.15, 0.2) is 65.3 Å². The summed E-state index contributed by atoms with van der Waals surface area (Å²) in [7, 11) is 0. The third kappa shape index (κ3) is 2.61. The maximum Gasteiger partial charge on any atom is 0.232 e. The van der Waals surface area contributed by atoms with E-state index in [1.165, 1.54) is 6.33 Å². The van der Waals surface area contributed by atoms with E-state index in [-0.39, 0.29) is 0 Å². The average molecular weight is 336 g/mol. The SMILES string of the molecule is Cc1c(-c2ccc(Cl)cc2)oc2ncnc(Nc3ccccc3)c12. The normalized spacial score (nSPS) is 10.9. The van der Waals surface area contributed by atoms with Crippen LogP contribution in [0, 0.1) is 6.92 Å². The van der Waals surface area contributed by atoms with Crippen molar-refractivity contribution in [2.75, 3.05) is 5.32 Å². The molecule has 4 aromatic rings. The number of aryl methyl sites for hydroxylation is 1. The van der Waals surface area contributed by atoms with Crippen LogP contribution in [-0.4, -0.2) is 9.97 Å². The predicted molar refractivity (Wildman–Crippen MR) is 96.7 cm³/mol. The molecule has 0 radical (unpaired) electrons. The van der Waals surface area contributed by atoms with E-state index in [1.54, 1.807) is 0 Å². The number of nitrogens with zero attached hydrogens (tertiary/aromatic N) is 2. The fourth-order valence-corrected chi connectivity index (χ4v) is 2.83. The van der Waals surface area contributed by atoms with Crippen LogP contribution in [0.1, 0.15) is 5.56 Å². The number of furan rings is 1. The Kier molecular flexibility index (Phi) is 3.67. The molecule has 0 saturated carbocycles. The summed E-state index contributed by atoms with van der Waals surface area (Å²) in [5.41, 5.74) is 3.48. The molecule has 0 aliphatic heterocycles. The van der Waals surface area contributed by atoms with E-state index in [0.717, 1.165) is 33.8 Å². The summed E-state index contributed by atoms with van der Waals surface area (Å²) >= 11 is 5.97. The van der Waals surface area contributed by atoms with Crippen molar-refractivity contribution in [1.82, 2.24) is 9.97 Å². The van der Waals surface area contributed by atoms with Crippen molar-refractivity contribution < 1.29 is 4.42 Å². The molecule has 0 bridgehead atoms. The van der Waals surface area contributed by atoms with Gasteiger partial charge in [-0.05, 0) is 43.3 Å². The maximum atomic E-state index is 5.97. The number of benzene rings is 2. The number of hydrogen-bond donors (Lipinski definition) is 1. The monoisotopic (exact) mass is 335 g/mol. The molecule has 0 aliphatic carbocycles. The van der Waals surface area contributed by atoms with Crippen molar-refractivity contribution in [2.45, 2.75) is 6.92 Å². The number of nitrogens with one attached hydrogen (secondary N) is 1. The number of aromatic nitrogens is 2. The van der Waals surface area contributed by atoms with Crippen LogP contribution >= 0.6 is 11.6 Å². The Bertz CT molecular complexity index is 994. The van der Waals surface area contributed by atoms with Gasteiger partial charge in [0, 0.05) is 21.8 Å². The van der Waals surface area contributed by atoms with Gasteiger partial charge < -0.3 is 9.73 Å². The zero-order valence-corrected chi connectivity index (χ0v) is 13.7. The average Bonchev–Trinajstić information content (AvgIpc) is 2.94.